The summed E-state index contributed by atoms with van der Waals surface area (Å²) in [5, 5.41) is 3.72. The molecule has 2 saturated heterocycles. The van der Waals surface area contributed by atoms with Crippen LogP contribution in [0.3, 0.4) is 0 Å². The average molecular weight is 319 g/mol. The van der Waals surface area contributed by atoms with Crippen molar-refractivity contribution in [1.29, 1.82) is 0 Å². The molecule has 1 N–H and O–H groups in total. The lowest BCUT2D eigenvalue weighted by Gasteiger charge is -2.30. The van der Waals surface area contributed by atoms with Crippen LogP contribution >= 0.6 is 0 Å². The third-order valence-electron chi connectivity index (χ3n) is 4.97. The predicted molar refractivity (Wildman–Crippen MR) is 103 cm³/mol. The highest BCUT2D eigenvalue weighted by Crippen LogP contribution is 2.35. The van der Waals surface area contributed by atoms with E-state index in [0.717, 1.165) is 12.0 Å². The van der Waals surface area contributed by atoms with Crippen LogP contribution < -0.4 is 5.32 Å². The first-order valence-corrected chi connectivity index (χ1v) is 9.53. The van der Waals surface area contributed by atoms with E-state index in [1.807, 2.05) is 0 Å². The molecule has 0 aromatic heterocycles. The van der Waals surface area contributed by atoms with Gasteiger partial charge in [-0.25, -0.2) is 0 Å². The number of fused-ring (bicyclic) bond motifs is 1. The lowest BCUT2D eigenvalue weighted by Crippen LogP contribution is -2.40. The summed E-state index contributed by atoms with van der Waals surface area (Å²) in [5.41, 5.74) is 1.92. The van der Waals surface area contributed by atoms with Crippen LogP contribution in [0, 0.1) is 11.3 Å². The van der Waals surface area contributed by atoms with Crippen LogP contribution in [0.4, 0.5) is 0 Å². The Hall–Kier alpha value is -0.860. The number of hydrogen-bond donors (Lipinski definition) is 1. The minimum Gasteiger partial charge on any atom is -0.312 e. The third-order valence-corrected chi connectivity index (χ3v) is 4.97. The number of nitrogens with one attached hydrogen (secondary N) is 1. The molecule has 0 spiro atoms. The van der Waals surface area contributed by atoms with Gasteiger partial charge in [0.05, 0.1) is 0 Å². The van der Waals surface area contributed by atoms with E-state index < -0.39 is 0 Å². The maximum atomic E-state index is 3.72. The van der Waals surface area contributed by atoms with Crippen molar-refractivity contribution >= 4 is 0 Å². The van der Waals surface area contributed by atoms with Crippen LogP contribution in [0.5, 0.6) is 0 Å². The maximum Gasteiger partial charge on any atom is 0.0223 e. The number of likely N-dealkylation sites (tertiary alicyclic amines) is 1. The van der Waals surface area contributed by atoms with Crippen LogP contribution in [0.1, 0.15) is 53.9 Å². The van der Waals surface area contributed by atoms with Crippen molar-refractivity contribution in [1.82, 2.24) is 10.2 Å². The van der Waals surface area contributed by atoms with Crippen LogP contribution in [0.25, 0.3) is 0 Å². The second-order valence-electron chi connectivity index (χ2n) is 8.16. The van der Waals surface area contributed by atoms with E-state index in [9.17, 15) is 0 Å². The number of rotatable bonds is 3. The molecule has 2 aliphatic rings. The molecule has 3 rings (SSSR count). The second kappa shape index (κ2) is 8.84. The molecule has 0 amide bonds. The molecular formula is C21H38N2. The standard InChI is InChI=1S/C18H28N2.C3H8.H2/c1-18(2)12-16-8-10-19-17(16)13-20(14-18)11-9-15-6-4-3-5-7-15;1-3-2;/h3-7,16-17,19H,8-14H2,1-2H3;3H2,1-2H3;1H/t16?,17-;;/m1../s1. The van der Waals surface area contributed by atoms with Crippen molar-refractivity contribution in [2.75, 3.05) is 26.2 Å². The molecular weight excluding hydrogens is 280 g/mol. The van der Waals surface area contributed by atoms with Crippen LogP contribution in [0.2, 0.25) is 0 Å². The lowest BCUT2D eigenvalue weighted by atomic mass is 9.81. The molecule has 2 fully saturated rings. The van der Waals surface area contributed by atoms with Crippen molar-refractivity contribution in [2.24, 2.45) is 11.3 Å². The Balaban J connectivity index is 0.000000671. The molecule has 0 bridgehead atoms. The minimum absolute atomic E-state index is 0. The summed E-state index contributed by atoms with van der Waals surface area (Å²) in [7, 11) is 0. The Morgan fingerprint density at radius 2 is 1.91 bits per heavy atom. The zero-order chi connectivity index (χ0) is 16.7. The number of nitrogens with zero attached hydrogens (tertiary/aromatic N) is 1. The van der Waals surface area contributed by atoms with E-state index in [2.05, 4.69) is 68.2 Å². The van der Waals surface area contributed by atoms with E-state index >= 15 is 0 Å². The van der Waals surface area contributed by atoms with Gasteiger partial charge in [-0.2, -0.15) is 0 Å². The van der Waals surface area contributed by atoms with Gasteiger partial charge in [0.15, 0.2) is 0 Å². The Kier molecular flexibility index (Phi) is 7.10. The Bertz CT molecular complexity index is 446. The third kappa shape index (κ3) is 5.93. The first kappa shape index (κ1) is 18.5. The van der Waals surface area contributed by atoms with Gasteiger partial charge in [-0.05, 0) is 42.7 Å². The largest absolute Gasteiger partial charge is 0.312 e. The van der Waals surface area contributed by atoms with Gasteiger partial charge < -0.3 is 10.2 Å². The van der Waals surface area contributed by atoms with Gasteiger partial charge in [0.25, 0.3) is 0 Å². The van der Waals surface area contributed by atoms with Gasteiger partial charge >= 0.3 is 0 Å². The van der Waals surface area contributed by atoms with E-state index in [0.29, 0.717) is 5.41 Å². The van der Waals surface area contributed by atoms with Crippen molar-refractivity contribution in [3.8, 4) is 0 Å². The fourth-order valence-electron chi connectivity index (χ4n) is 4.10. The monoisotopic (exact) mass is 318 g/mol. The second-order valence-corrected chi connectivity index (χ2v) is 8.16. The summed E-state index contributed by atoms with van der Waals surface area (Å²) in [6, 6.07) is 11.6. The van der Waals surface area contributed by atoms with E-state index in [4.69, 9.17) is 0 Å². The highest BCUT2D eigenvalue weighted by Gasteiger charge is 2.37. The van der Waals surface area contributed by atoms with Gasteiger partial charge in [0.1, 0.15) is 0 Å². The zero-order valence-electron chi connectivity index (χ0n) is 15.6. The molecule has 0 aliphatic carbocycles. The number of hydrogen-bond acceptors (Lipinski definition) is 2. The molecule has 1 aromatic rings. The summed E-state index contributed by atoms with van der Waals surface area (Å²) >= 11 is 0. The summed E-state index contributed by atoms with van der Waals surface area (Å²) in [4.78, 5) is 2.69. The molecule has 2 heterocycles. The van der Waals surface area contributed by atoms with E-state index in [1.165, 1.54) is 57.4 Å². The fourth-order valence-corrected chi connectivity index (χ4v) is 4.10. The van der Waals surface area contributed by atoms with Crippen molar-refractivity contribution in [3.63, 3.8) is 0 Å². The van der Waals surface area contributed by atoms with Crippen molar-refractivity contribution in [2.45, 2.75) is 59.4 Å². The summed E-state index contributed by atoms with van der Waals surface area (Å²) in [5.74, 6) is 0.895. The highest BCUT2D eigenvalue weighted by atomic mass is 15.2. The van der Waals surface area contributed by atoms with Gasteiger partial charge in [-0.15, -0.1) is 0 Å². The maximum absolute atomic E-state index is 3.72. The SMILES string of the molecule is CC1(C)CC2CCN[C@@H]2CN(CCc2ccccc2)C1.CCC.[HH]. The first-order chi connectivity index (χ1) is 11.0. The summed E-state index contributed by atoms with van der Waals surface area (Å²) in [6.07, 6.45) is 5.18. The summed E-state index contributed by atoms with van der Waals surface area (Å²) < 4.78 is 0. The Morgan fingerprint density at radius 1 is 1.22 bits per heavy atom. The van der Waals surface area contributed by atoms with Gasteiger partial charge in [0.2, 0.25) is 0 Å². The molecule has 2 heteroatoms. The molecule has 2 atom stereocenters. The highest BCUT2D eigenvalue weighted by molar-refractivity contribution is 5.15. The smallest absolute Gasteiger partial charge is 0.0223 e. The summed E-state index contributed by atoms with van der Waals surface area (Å²) in [6.45, 7) is 14.0. The molecule has 0 saturated carbocycles. The first-order valence-electron chi connectivity index (χ1n) is 9.53. The van der Waals surface area contributed by atoms with Crippen LogP contribution in [0.15, 0.2) is 30.3 Å². The molecule has 23 heavy (non-hydrogen) atoms. The fraction of sp³-hybridized carbons (Fsp3) is 0.714. The van der Waals surface area contributed by atoms with E-state index in [-0.39, 0.29) is 1.43 Å². The van der Waals surface area contributed by atoms with Crippen LogP contribution in [-0.2, 0) is 6.42 Å². The van der Waals surface area contributed by atoms with E-state index in [1.54, 1.807) is 0 Å². The topological polar surface area (TPSA) is 15.3 Å². The Morgan fingerprint density at radius 3 is 2.61 bits per heavy atom. The molecule has 1 aromatic carbocycles. The van der Waals surface area contributed by atoms with Crippen molar-refractivity contribution < 1.29 is 1.43 Å². The molecule has 2 nitrogen and oxygen atoms in total. The van der Waals surface area contributed by atoms with Gasteiger partial charge in [0, 0.05) is 27.1 Å². The lowest BCUT2D eigenvalue weighted by molar-refractivity contribution is 0.188. The molecule has 0 radical (unpaired) electrons. The minimum atomic E-state index is 0. The van der Waals surface area contributed by atoms with Crippen LogP contribution in [-0.4, -0.2) is 37.1 Å². The molecule has 132 valence electrons. The average Bonchev–Trinajstić information content (AvgIpc) is 2.87. The quantitative estimate of drug-likeness (QED) is 0.876. The zero-order valence-corrected chi connectivity index (χ0v) is 15.6. The van der Waals surface area contributed by atoms with Gasteiger partial charge in [-0.3, -0.25) is 0 Å². The normalized spacial score (nSPS) is 26.8. The Labute approximate surface area is 145 Å². The molecule has 1 unspecified atom stereocenters. The predicted octanol–water partition coefficient (Wildman–Crippen LogP) is 4.60. The number of benzene rings is 1. The van der Waals surface area contributed by atoms with Crippen molar-refractivity contribution in [3.05, 3.63) is 35.9 Å². The molecule has 2 aliphatic heterocycles. The van der Waals surface area contributed by atoms with Gasteiger partial charge in [-0.1, -0.05) is 64.4 Å².